The highest BCUT2D eigenvalue weighted by atomic mass is 16.1. The number of benzene rings is 1. The Hall–Kier alpha value is -2.62. The third-order valence-corrected chi connectivity index (χ3v) is 7.02. The number of aromatic nitrogens is 2. The number of aryl methyl sites for hydroxylation is 3. The molecule has 1 aromatic carbocycles. The second-order valence-corrected chi connectivity index (χ2v) is 10.2. The van der Waals surface area contributed by atoms with Gasteiger partial charge in [-0.1, -0.05) is 72.6 Å². The average molecular weight is 476 g/mol. The summed E-state index contributed by atoms with van der Waals surface area (Å²) in [6.07, 6.45) is 12.3. The Morgan fingerprint density at radius 3 is 2.23 bits per heavy atom. The van der Waals surface area contributed by atoms with Crippen LogP contribution in [-0.4, -0.2) is 22.0 Å². The van der Waals surface area contributed by atoms with Gasteiger partial charge in [0.25, 0.3) is 0 Å². The third-order valence-electron chi connectivity index (χ3n) is 7.02. The van der Waals surface area contributed by atoms with Gasteiger partial charge in [0.15, 0.2) is 0 Å². The number of rotatable bonds is 13. The highest BCUT2D eigenvalue weighted by Gasteiger charge is 2.19. The Balaban J connectivity index is 2.08. The molecule has 190 valence electrons. The molecule has 3 aromatic rings. The average Bonchev–Trinajstić information content (AvgIpc) is 3.23. The van der Waals surface area contributed by atoms with E-state index in [0.717, 1.165) is 57.2 Å². The Labute approximate surface area is 212 Å². The molecule has 0 aliphatic heterocycles. The van der Waals surface area contributed by atoms with Gasteiger partial charge in [-0.05, 0) is 60.8 Å². The van der Waals surface area contributed by atoms with Crippen LogP contribution in [-0.2, 0) is 24.1 Å². The fourth-order valence-electron chi connectivity index (χ4n) is 5.17. The van der Waals surface area contributed by atoms with E-state index in [0.29, 0.717) is 18.4 Å². The molecule has 0 unspecified atom stereocenters. The van der Waals surface area contributed by atoms with Gasteiger partial charge in [-0.3, -0.25) is 9.78 Å². The van der Waals surface area contributed by atoms with Crippen LogP contribution in [0.3, 0.4) is 0 Å². The fraction of sp³-hybridized carbons (Fsp3) is 0.548. The van der Waals surface area contributed by atoms with Crippen molar-refractivity contribution < 1.29 is 4.79 Å². The van der Waals surface area contributed by atoms with E-state index in [4.69, 9.17) is 4.98 Å². The molecule has 0 atom stereocenters. The van der Waals surface area contributed by atoms with Crippen molar-refractivity contribution in [2.24, 2.45) is 5.92 Å². The zero-order valence-corrected chi connectivity index (χ0v) is 22.8. The van der Waals surface area contributed by atoms with Crippen LogP contribution in [0.25, 0.3) is 22.2 Å². The smallest absolute Gasteiger partial charge is 0.220 e. The molecule has 0 radical (unpaired) electrons. The number of amides is 1. The first-order chi connectivity index (χ1) is 16.9. The van der Waals surface area contributed by atoms with Crippen molar-refractivity contribution in [2.45, 2.75) is 99.0 Å². The van der Waals surface area contributed by atoms with Gasteiger partial charge in [-0.25, -0.2) is 0 Å². The molecule has 0 saturated carbocycles. The molecule has 0 aliphatic carbocycles. The minimum atomic E-state index is 0.136. The lowest BCUT2D eigenvalue weighted by Crippen LogP contribution is -2.27. The van der Waals surface area contributed by atoms with Crippen LogP contribution in [0.1, 0.15) is 96.4 Å². The van der Waals surface area contributed by atoms with Gasteiger partial charge >= 0.3 is 0 Å². The summed E-state index contributed by atoms with van der Waals surface area (Å²) in [6.45, 7) is 13.9. The van der Waals surface area contributed by atoms with Gasteiger partial charge in [-0.2, -0.15) is 0 Å². The zero-order valence-electron chi connectivity index (χ0n) is 22.8. The second-order valence-electron chi connectivity index (χ2n) is 10.2. The monoisotopic (exact) mass is 475 g/mol. The minimum Gasteiger partial charge on any atom is -0.356 e. The number of fused-ring (bicyclic) bond motifs is 1. The van der Waals surface area contributed by atoms with E-state index in [1.54, 1.807) is 0 Å². The Bertz CT molecular complexity index is 1080. The van der Waals surface area contributed by atoms with E-state index in [-0.39, 0.29) is 5.91 Å². The summed E-state index contributed by atoms with van der Waals surface area (Å²) in [7, 11) is 0. The first-order valence-corrected chi connectivity index (χ1v) is 13.8. The van der Waals surface area contributed by atoms with Crippen molar-refractivity contribution in [2.75, 3.05) is 6.54 Å². The molecule has 0 saturated heterocycles. The van der Waals surface area contributed by atoms with E-state index < -0.39 is 0 Å². The normalized spacial score (nSPS) is 11.7. The number of hydrogen-bond donors (Lipinski definition) is 1. The van der Waals surface area contributed by atoms with Gasteiger partial charge in [0.2, 0.25) is 5.91 Å². The molecule has 4 nitrogen and oxygen atoms in total. The van der Waals surface area contributed by atoms with E-state index in [1.807, 2.05) is 0 Å². The summed E-state index contributed by atoms with van der Waals surface area (Å²) in [6, 6.07) is 9.37. The van der Waals surface area contributed by atoms with Gasteiger partial charge < -0.3 is 9.88 Å². The highest BCUT2D eigenvalue weighted by molar-refractivity contribution is 5.88. The predicted octanol–water partition coefficient (Wildman–Crippen LogP) is 7.67. The molecule has 0 spiro atoms. The van der Waals surface area contributed by atoms with Gasteiger partial charge in [-0.15, -0.1) is 0 Å². The fourth-order valence-corrected chi connectivity index (χ4v) is 5.17. The summed E-state index contributed by atoms with van der Waals surface area (Å²) in [5.41, 5.74) is 7.49. The van der Waals surface area contributed by atoms with Gasteiger partial charge in [0.1, 0.15) is 0 Å². The minimum absolute atomic E-state index is 0.136. The SMILES string of the molecule is CCCC(CCC)n1cc(CCC(=O)NCC(C)C)c2cc(-c3c(CC)cccc3CC)ncc21. The van der Waals surface area contributed by atoms with Crippen LogP contribution in [0.5, 0.6) is 0 Å². The molecule has 2 aromatic heterocycles. The third kappa shape index (κ3) is 6.54. The van der Waals surface area contributed by atoms with Crippen molar-refractivity contribution in [3.8, 4) is 11.3 Å². The number of carbonyl (C=O) groups is 1. The quantitative estimate of drug-likeness (QED) is 0.276. The maximum atomic E-state index is 12.5. The van der Waals surface area contributed by atoms with Crippen LogP contribution in [0.15, 0.2) is 36.7 Å². The molecule has 4 heteroatoms. The maximum absolute atomic E-state index is 12.5. The Morgan fingerprint density at radius 1 is 1.00 bits per heavy atom. The first-order valence-electron chi connectivity index (χ1n) is 13.8. The summed E-state index contributed by atoms with van der Waals surface area (Å²) >= 11 is 0. The van der Waals surface area contributed by atoms with Crippen molar-refractivity contribution >= 4 is 16.8 Å². The number of nitrogens with zero attached hydrogens (tertiary/aromatic N) is 2. The lowest BCUT2D eigenvalue weighted by atomic mass is 9.94. The van der Waals surface area contributed by atoms with Crippen molar-refractivity contribution in [1.82, 2.24) is 14.9 Å². The van der Waals surface area contributed by atoms with E-state index >= 15 is 0 Å². The molecule has 1 amide bonds. The van der Waals surface area contributed by atoms with Crippen molar-refractivity contribution in [3.05, 3.63) is 53.3 Å². The van der Waals surface area contributed by atoms with Crippen LogP contribution in [0.2, 0.25) is 0 Å². The summed E-state index contributed by atoms with van der Waals surface area (Å²) in [5.74, 6) is 0.599. The number of carbonyl (C=O) groups excluding carboxylic acids is 1. The maximum Gasteiger partial charge on any atom is 0.220 e. The van der Waals surface area contributed by atoms with E-state index in [2.05, 4.69) is 88.1 Å². The zero-order chi connectivity index (χ0) is 25.4. The van der Waals surface area contributed by atoms with Crippen molar-refractivity contribution in [1.29, 1.82) is 0 Å². The Kier molecular flexibility index (Phi) is 9.94. The largest absolute Gasteiger partial charge is 0.356 e. The van der Waals surface area contributed by atoms with Crippen LogP contribution in [0.4, 0.5) is 0 Å². The summed E-state index contributed by atoms with van der Waals surface area (Å²) in [4.78, 5) is 17.5. The lowest BCUT2D eigenvalue weighted by molar-refractivity contribution is -0.121. The lowest BCUT2D eigenvalue weighted by Gasteiger charge is -2.19. The van der Waals surface area contributed by atoms with E-state index in [9.17, 15) is 4.79 Å². The Morgan fingerprint density at radius 2 is 1.66 bits per heavy atom. The second kappa shape index (κ2) is 12.9. The molecule has 1 N–H and O–H groups in total. The summed E-state index contributed by atoms with van der Waals surface area (Å²) in [5, 5.41) is 4.33. The number of pyridine rings is 1. The van der Waals surface area contributed by atoms with Crippen LogP contribution in [0, 0.1) is 5.92 Å². The molecule has 0 aliphatic rings. The predicted molar refractivity (Wildman–Crippen MR) is 149 cm³/mol. The van der Waals surface area contributed by atoms with Crippen LogP contribution >= 0.6 is 0 Å². The molecular formula is C31H45N3O. The van der Waals surface area contributed by atoms with Gasteiger partial charge in [0, 0.05) is 36.2 Å². The molecule has 35 heavy (non-hydrogen) atoms. The van der Waals surface area contributed by atoms with Crippen molar-refractivity contribution in [3.63, 3.8) is 0 Å². The molecule has 0 fully saturated rings. The molecular weight excluding hydrogens is 430 g/mol. The molecule has 0 bridgehead atoms. The standard InChI is InChI=1S/C31H45N3O/c1-7-12-26(13-8-2)34-21-25(16-17-30(35)33-19-22(5)6)27-18-28(32-20-29(27)34)31-23(9-3)14-11-15-24(31)10-4/h11,14-15,18,20-22,26H,7-10,12-13,16-17,19H2,1-6H3,(H,33,35). The molecule has 2 heterocycles. The highest BCUT2D eigenvalue weighted by Crippen LogP contribution is 2.34. The molecule has 3 rings (SSSR count). The topological polar surface area (TPSA) is 46.9 Å². The van der Waals surface area contributed by atoms with E-state index in [1.165, 1.54) is 33.2 Å². The van der Waals surface area contributed by atoms with Gasteiger partial charge in [0.05, 0.1) is 17.4 Å². The number of nitrogens with one attached hydrogen (secondary N) is 1. The van der Waals surface area contributed by atoms with Crippen LogP contribution < -0.4 is 5.32 Å². The number of hydrogen-bond acceptors (Lipinski definition) is 2. The first kappa shape index (κ1) is 27.0. The summed E-state index contributed by atoms with van der Waals surface area (Å²) < 4.78 is 2.45.